The van der Waals surface area contributed by atoms with E-state index in [9.17, 15) is 13.2 Å². The van der Waals surface area contributed by atoms with Crippen molar-refractivity contribution in [2.24, 2.45) is 0 Å². The van der Waals surface area contributed by atoms with Gasteiger partial charge in [-0.3, -0.25) is 9.10 Å². The molecule has 2 aromatic carbocycles. The Kier molecular flexibility index (Phi) is 7.14. The molecule has 2 aromatic rings. The number of nitrogens with zero attached hydrogens (tertiary/aromatic N) is 1. The van der Waals surface area contributed by atoms with Crippen LogP contribution in [0, 0.1) is 0 Å². The molecule has 27 heavy (non-hydrogen) atoms. The largest absolute Gasteiger partial charge is 0.481 e. The summed E-state index contributed by atoms with van der Waals surface area (Å²) in [5.41, 5.74) is 1.39. The number of anilines is 1. The molecule has 0 unspecified atom stereocenters. The van der Waals surface area contributed by atoms with Gasteiger partial charge < -0.3 is 5.11 Å². The van der Waals surface area contributed by atoms with E-state index in [1.807, 2.05) is 26.0 Å². The van der Waals surface area contributed by atoms with Crippen molar-refractivity contribution in [2.45, 2.75) is 37.5 Å². The number of carbonyl (C=O) groups is 1. The van der Waals surface area contributed by atoms with Crippen LogP contribution in [0.4, 0.5) is 5.69 Å². The van der Waals surface area contributed by atoms with E-state index in [1.165, 1.54) is 22.5 Å². The number of aliphatic carboxylic acids is 1. The van der Waals surface area contributed by atoms with Crippen molar-refractivity contribution in [1.29, 1.82) is 0 Å². The molecule has 8 heteroatoms. The van der Waals surface area contributed by atoms with Crippen LogP contribution in [0.3, 0.4) is 0 Å². The van der Waals surface area contributed by atoms with E-state index in [2.05, 4.69) is 0 Å². The molecule has 0 aliphatic rings. The molecule has 1 N–H and O–H groups in total. The number of rotatable bonds is 8. The molecule has 0 atom stereocenters. The van der Waals surface area contributed by atoms with Crippen LogP contribution in [0.2, 0.25) is 10.0 Å². The molecule has 146 valence electrons. The minimum atomic E-state index is -3.95. The molecular formula is C19H21Cl2NO4S. The van der Waals surface area contributed by atoms with E-state index in [0.717, 1.165) is 5.56 Å². The molecule has 0 saturated heterocycles. The highest BCUT2D eigenvalue weighted by Crippen LogP contribution is 2.33. The lowest BCUT2D eigenvalue weighted by atomic mass is 10.0. The van der Waals surface area contributed by atoms with Crippen LogP contribution in [-0.2, 0) is 14.8 Å². The molecule has 0 aliphatic heterocycles. The standard InChI is InChI=1S/C19H21Cl2NO4S/c1-13(2)15-6-3-4-7-18(15)22(11-5-8-19(23)24)27(25,26)14-9-10-16(20)17(21)12-14/h3-4,6-7,9-10,12-13H,5,8,11H2,1-2H3,(H,23,24). The van der Waals surface area contributed by atoms with Gasteiger partial charge >= 0.3 is 5.97 Å². The molecule has 0 radical (unpaired) electrons. The fourth-order valence-corrected chi connectivity index (χ4v) is 4.63. The van der Waals surface area contributed by atoms with Crippen molar-refractivity contribution < 1.29 is 18.3 Å². The molecule has 0 aromatic heterocycles. The summed E-state index contributed by atoms with van der Waals surface area (Å²) in [6, 6.07) is 11.3. The normalized spacial score (nSPS) is 11.6. The Morgan fingerprint density at radius 2 is 1.78 bits per heavy atom. The van der Waals surface area contributed by atoms with Gasteiger partial charge in [-0.05, 0) is 42.2 Å². The zero-order valence-corrected chi connectivity index (χ0v) is 17.4. The fraction of sp³-hybridized carbons (Fsp3) is 0.316. The zero-order chi connectivity index (χ0) is 20.2. The first-order valence-corrected chi connectivity index (χ1v) is 10.6. The van der Waals surface area contributed by atoms with E-state index in [4.69, 9.17) is 28.3 Å². The molecule has 5 nitrogen and oxygen atoms in total. The van der Waals surface area contributed by atoms with Gasteiger partial charge in [0.25, 0.3) is 10.0 Å². The maximum atomic E-state index is 13.3. The van der Waals surface area contributed by atoms with Crippen molar-refractivity contribution in [3.63, 3.8) is 0 Å². The topological polar surface area (TPSA) is 74.7 Å². The summed E-state index contributed by atoms with van der Waals surface area (Å²) in [6.07, 6.45) is 0.0551. The van der Waals surface area contributed by atoms with Gasteiger partial charge in [0.15, 0.2) is 0 Å². The van der Waals surface area contributed by atoms with Gasteiger partial charge in [-0.15, -0.1) is 0 Å². The second kappa shape index (κ2) is 8.95. The number of para-hydroxylation sites is 1. The monoisotopic (exact) mass is 429 g/mol. The van der Waals surface area contributed by atoms with Crippen LogP contribution >= 0.6 is 23.2 Å². The average Bonchev–Trinajstić information content (AvgIpc) is 2.60. The van der Waals surface area contributed by atoms with Gasteiger partial charge in [0, 0.05) is 13.0 Å². The summed E-state index contributed by atoms with van der Waals surface area (Å²) < 4.78 is 27.9. The van der Waals surface area contributed by atoms with E-state index in [-0.39, 0.29) is 40.2 Å². The van der Waals surface area contributed by atoms with Gasteiger partial charge in [0.05, 0.1) is 20.6 Å². The Balaban J connectivity index is 2.55. The van der Waals surface area contributed by atoms with E-state index in [0.29, 0.717) is 5.69 Å². The lowest BCUT2D eigenvalue weighted by Crippen LogP contribution is -2.33. The molecule has 2 rings (SSSR count). The van der Waals surface area contributed by atoms with Gasteiger partial charge in [-0.2, -0.15) is 0 Å². The molecule has 0 spiro atoms. The third kappa shape index (κ3) is 5.15. The molecule has 0 saturated carbocycles. The molecule has 0 fully saturated rings. The molecule has 0 amide bonds. The van der Waals surface area contributed by atoms with Crippen molar-refractivity contribution in [3.8, 4) is 0 Å². The summed E-state index contributed by atoms with van der Waals surface area (Å²) >= 11 is 11.9. The summed E-state index contributed by atoms with van der Waals surface area (Å²) in [5, 5.41) is 9.33. The zero-order valence-electron chi connectivity index (χ0n) is 15.0. The minimum absolute atomic E-state index is 0.00536. The Morgan fingerprint density at radius 1 is 1.11 bits per heavy atom. The Bertz CT molecular complexity index is 929. The smallest absolute Gasteiger partial charge is 0.303 e. The maximum absolute atomic E-state index is 13.3. The lowest BCUT2D eigenvalue weighted by molar-refractivity contribution is -0.137. The SMILES string of the molecule is CC(C)c1ccccc1N(CCCC(=O)O)S(=O)(=O)c1ccc(Cl)c(Cl)c1. The highest BCUT2D eigenvalue weighted by atomic mass is 35.5. The summed E-state index contributed by atoms with van der Waals surface area (Å²) in [5.74, 6) is -0.883. The highest BCUT2D eigenvalue weighted by molar-refractivity contribution is 7.92. The predicted molar refractivity (Wildman–Crippen MR) is 108 cm³/mol. The highest BCUT2D eigenvalue weighted by Gasteiger charge is 2.27. The van der Waals surface area contributed by atoms with Crippen LogP contribution in [0.1, 0.15) is 38.2 Å². The quantitative estimate of drug-likeness (QED) is 0.627. The lowest BCUT2D eigenvalue weighted by Gasteiger charge is -2.28. The number of halogens is 2. The van der Waals surface area contributed by atoms with Gasteiger partial charge in [0.2, 0.25) is 0 Å². The Labute approximate surface area is 169 Å². The van der Waals surface area contributed by atoms with E-state index in [1.54, 1.807) is 12.1 Å². The third-order valence-electron chi connectivity index (χ3n) is 4.06. The van der Waals surface area contributed by atoms with Crippen LogP contribution in [0.25, 0.3) is 0 Å². The second-order valence-corrected chi connectivity index (χ2v) is 9.04. The summed E-state index contributed by atoms with van der Waals surface area (Å²) in [4.78, 5) is 10.9. The number of carboxylic acids is 1. The maximum Gasteiger partial charge on any atom is 0.303 e. The Hall–Kier alpha value is -1.76. The van der Waals surface area contributed by atoms with Crippen LogP contribution in [0.15, 0.2) is 47.4 Å². The van der Waals surface area contributed by atoms with Crippen LogP contribution in [0.5, 0.6) is 0 Å². The number of carboxylic acid groups (broad SMARTS) is 1. The van der Waals surface area contributed by atoms with Gasteiger partial charge in [0.1, 0.15) is 0 Å². The number of hydrogen-bond acceptors (Lipinski definition) is 3. The summed E-state index contributed by atoms with van der Waals surface area (Å²) in [7, 11) is -3.95. The molecule has 0 aliphatic carbocycles. The van der Waals surface area contributed by atoms with Crippen molar-refractivity contribution in [2.75, 3.05) is 10.8 Å². The number of benzene rings is 2. The average molecular weight is 430 g/mol. The predicted octanol–water partition coefficient (Wildman–Crippen LogP) is 5.18. The number of hydrogen-bond donors (Lipinski definition) is 1. The number of sulfonamides is 1. The van der Waals surface area contributed by atoms with Crippen molar-refractivity contribution in [3.05, 3.63) is 58.1 Å². The van der Waals surface area contributed by atoms with Gasteiger partial charge in [-0.25, -0.2) is 8.42 Å². The first-order chi connectivity index (χ1) is 12.6. The van der Waals surface area contributed by atoms with Crippen LogP contribution in [-0.4, -0.2) is 26.0 Å². The Morgan fingerprint density at radius 3 is 2.37 bits per heavy atom. The van der Waals surface area contributed by atoms with Gasteiger partial charge in [-0.1, -0.05) is 55.2 Å². The molecular weight excluding hydrogens is 409 g/mol. The minimum Gasteiger partial charge on any atom is -0.481 e. The molecule has 0 heterocycles. The van der Waals surface area contributed by atoms with Crippen molar-refractivity contribution in [1.82, 2.24) is 0 Å². The third-order valence-corrected chi connectivity index (χ3v) is 6.61. The molecule has 0 bridgehead atoms. The first-order valence-electron chi connectivity index (χ1n) is 8.43. The van der Waals surface area contributed by atoms with E-state index < -0.39 is 16.0 Å². The summed E-state index contributed by atoms with van der Waals surface area (Å²) in [6.45, 7) is 3.98. The van der Waals surface area contributed by atoms with Crippen LogP contribution < -0.4 is 4.31 Å². The van der Waals surface area contributed by atoms with Crippen molar-refractivity contribution >= 4 is 44.9 Å². The second-order valence-electron chi connectivity index (χ2n) is 6.36. The first kappa shape index (κ1) is 21.5. The fourth-order valence-electron chi connectivity index (χ4n) is 2.71. The van der Waals surface area contributed by atoms with E-state index >= 15 is 0 Å².